The molecule has 2 aromatic rings. The van der Waals surface area contributed by atoms with Crippen LogP contribution in [-0.2, 0) is 7.59 Å². The fourth-order valence-electron chi connectivity index (χ4n) is 1.87. The number of aromatic nitrogens is 3. The summed E-state index contributed by atoms with van der Waals surface area (Å²) >= 11 is 35.3. The first-order valence-electron chi connectivity index (χ1n) is 8.46. The van der Waals surface area contributed by atoms with Crippen LogP contribution >= 0.6 is 69.6 Å². The van der Waals surface area contributed by atoms with E-state index in [-0.39, 0.29) is 22.6 Å². The fraction of sp³-hybridized carbons (Fsp3) is 0.471. The molecule has 1 heterocycles. The summed E-state index contributed by atoms with van der Waals surface area (Å²) < 4.78 is 2.44. The molecule has 2 rings (SSSR count). The molecule has 0 aliphatic rings. The lowest BCUT2D eigenvalue weighted by Crippen LogP contribution is -2.43. The van der Waals surface area contributed by atoms with Gasteiger partial charge in [0.25, 0.3) is 0 Å². The lowest BCUT2D eigenvalue weighted by atomic mass is 10.2. The molecule has 29 heavy (non-hydrogen) atoms. The third kappa shape index (κ3) is 6.89. The third-order valence-corrected chi connectivity index (χ3v) is 9.80. The predicted molar refractivity (Wildman–Crippen MR) is 126 cm³/mol. The van der Waals surface area contributed by atoms with E-state index in [4.69, 9.17) is 74.0 Å². The number of rotatable bonds is 4. The number of alkyl halides is 6. The molecule has 0 aliphatic heterocycles. The minimum Gasteiger partial charge on any atom is -0.544 e. The van der Waals surface area contributed by atoms with E-state index in [0.717, 1.165) is 5.75 Å². The summed E-state index contributed by atoms with van der Waals surface area (Å²) in [5.74, 6) is 0.515. The van der Waals surface area contributed by atoms with Crippen molar-refractivity contribution in [3.05, 3.63) is 35.9 Å². The largest absolute Gasteiger partial charge is 0.544 e. The molecule has 1 aromatic carbocycles. The average molecular weight is 537 g/mol. The number of hydrogen-bond acceptors (Lipinski definition) is 5. The van der Waals surface area contributed by atoms with Gasteiger partial charge in [0.15, 0.2) is 11.6 Å². The zero-order valence-corrected chi connectivity index (χ0v) is 21.9. The van der Waals surface area contributed by atoms with Crippen LogP contribution in [0.5, 0.6) is 5.75 Å². The highest BCUT2D eigenvalue weighted by atomic mass is 35.6. The molecule has 0 atom stereocenters. The zero-order valence-electron chi connectivity index (χ0n) is 16.3. The first kappa shape index (κ1) is 25.1. The molecule has 1 aromatic heterocycles. The summed E-state index contributed by atoms with van der Waals surface area (Å²) in [5, 5.41) is 3.08. The van der Waals surface area contributed by atoms with Crippen molar-refractivity contribution in [3.8, 4) is 5.75 Å². The Balaban J connectivity index is 2.28. The van der Waals surface area contributed by atoms with Gasteiger partial charge < -0.3 is 9.74 Å². The van der Waals surface area contributed by atoms with Crippen LogP contribution in [0.2, 0.25) is 18.1 Å². The van der Waals surface area contributed by atoms with Crippen molar-refractivity contribution in [2.45, 2.75) is 46.5 Å². The van der Waals surface area contributed by atoms with Crippen LogP contribution in [0.4, 0.5) is 11.6 Å². The highest BCUT2D eigenvalue weighted by molar-refractivity contribution is 6.74. The Labute approximate surface area is 201 Å². The zero-order chi connectivity index (χ0) is 22.3. The van der Waals surface area contributed by atoms with Gasteiger partial charge in [-0.25, -0.2) is 4.98 Å². The molecule has 0 spiro atoms. The molecule has 0 bridgehead atoms. The second-order valence-corrected chi connectivity index (χ2v) is 17.1. The Morgan fingerprint density at radius 3 is 1.62 bits per heavy atom. The van der Waals surface area contributed by atoms with Gasteiger partial charge in [0.05, 0.1) is 0 Å². The van der Waals surface area contributed by atoms with Crippen LogP contribution in [0.15, 0.2) is 24.3 Å². The van der Waals surface area contributed by atoms with Gasteiger partial charge in [-0.3, -0.25) is 0 Å². The van der Waals surface area contributed by atoms with Crippen LogP contribution in [0.1, 0.15) is 32.4 Å². The molecule has 0 amide bonds. The Morgan fingerprint density at radius 2 is 1.24 bits per heavy atom. The maximum absolute atomic E-state index is 6.26. The van der Waals surface area contributed by atoms with E-state index >= 15 is 0 Å². The van der Waals surface area contributed by atoms with Crippen molar-refractivity contribution in [2.24, 2.45) is 0 Å². The van der Waals surface area contributed by atoms with Crippen molar-refractivity contribution >= 4 is 89.6 Å². The van der Waals surface area contributed by atoms with Gasteiger partial charge in [-0.15, -0.1) is 0 Å². The maximum atomic E-state index is 6.26. The van der Waals surface area contributed by atoms with Crippen molar-refractivity contribution in [2.75, 3.05) is 5.32 Å². The Hall–Kier alpha value is -0.213. The number of benzene rings is 1. The minimum atomic E-state index is -1.94. The Kier molecular flexibility index (Phi) is 7.54. The molecule has 0 fully saturated rings. The van der Waals surface area contributed by atoms with Gasteiger partial charge in [-0.1, -0.05) is 90.4 Å². The lowest BCUT2D eigenvalue weighted by Gasteiger charge is -2.36. The molecule has 0 saturated heterocycles. The summed E-state index contributed by atoms with van der Waals surface area (Å²) in [5.41, 5.74) is 0.671. The van der Waals surface area contributed by atoms with E-state index in [9.17, 15) is 0 Å². The second-order valence-electron chi connectivity index (χ2n) is 7.81. The smallest absolute Gasteiger partial charge is 0.250 e. The second kappa shape index (κ2) is 8.73. The molecular formula is C17H20Cl6N4OSi. The van der Waals surface area contributed by atoms with Crippen molar-refractivity contribution in [1.29, 1.82) is 0 Å². The molecule has 1 N–H and O–H groups in total. The summed E-state index contributed by atoms with van der Waals surface area (Å²) in [6.45, 7) is 10.9. The van der Waals surface area contributed by atoms with E-state index < -0.39 is 15.9 Å². The van der Waals surface area contributed by atoms with Crippen LogP contribution in [0.25, 0.3) is 0 Å². The summed E-state index contributed by atoms with van der Waals surface area (Å²) in [4.78, 5) is 12.1. The van der Waals surface area contributed by atoms with E-state index in [1.807, 2.05) is 24.3 Å². The van der Waals surface area contributed by atoms with Gasteiger partial charge >= 0.3 is 0 Å². The quantitative estimate of drug-likeness (QED) is 0.321. The van der Waals surface area contributed by atoms with Crippen LogP contribution in [0.3, 0.4) is 0 Å². The molecule has 5 nitrogen and oxygen atoms in total. The van der Waals surface area contributed by atoms with Gasteiger partial charge in [0.2, 0.25) is 21.9 Å². The molecule has 0 saturated carbocycles. The molecule has 160 valence electrons. The van der Waals surface area contributed by atoms with Crippen molar-refractivity contribution in [1.82, 2.24) is 15.0 Å². The monoisotopic (exact) mass is 534 g/mol. The van der Waals surface area contributed by atoms with Crippen molar-refractivity contribution in [3.63, 3.8) is 0 Å². The molecule has 0 unspecified atom stereocenters. The van der Waals surface area contributed by atoms with E-state index in [0.29, 0.717) is 5.69 Å². The Morgan fingerprint density at radius 1 is 0.793 bits per heavy atom. The fourth-order valence-corrected chi connectivity index (χ4v) is 3.41. The highest BCUT2D eigenvalue weighted by Crippen LogP contribution is 2.41. The topological polar surface area (TPSA) is 59.9 Å². The number of hydrogen-bond donors (Lipinski definition) is 1. The van der Waals surface area contributed by atoms with Crippen molar-refractivity contribution < 1.29 is 4.43 Å². The molecule has 0 radical (unpaired) electrons. The number of nitrogens with zero attached hydrogens (tertiary/aromatic N) is 3. The number of nitrogens with one attached hydrogen (secondary N) is 1. The minimum absolute atomic E-state index is 0.0701. The van der Waals surface area contributed by atoms with E-state index in [2.05, 4.69) is 54.1 Å². The van der Waals surface area contributed by atoms with Crippen LogP contribution in [-0.4, -0.2) is 23.3 Å². The van der Waals surface area contributed by atoms with E-state index in [1.165, 1.54) is 0 Å². The van der Waals surface area contributed by atoms with Gasteiger partial charge in [0.1, 0.15) is 5.75 Å². The van der Waals surface area contributed by atoms with Crippen LogP contribution < -0.4 is 9.74 Å². The van der Waals surface area contributed by atoms with Gasteiger partial charge in [-0.05, 0) is 42.4 Å². The third-order valence-electron chi connectivity index (χ3n) is 4.43. The molecule has 0 aliphatic carbocycles. The first-order valence-corrected chi connectivity index (χ1v) is 13.6. The summed E-state index contributed by atoms with van der Waals surface area (Å²) in [6.07, 6.45) is 0. The number of anilines is 2. The van der Waals surface area contributed by atoms with Gasteiger partial charge in [0, 0.05) is 5.69 Å². The predicted octanol–water partition coefficient (Wildman–Crippen LogP) is 7.65. The van der Waals surface area contributed by atoms with Gasteiger partial charge in [-0.2, -0.15) is 9.97 Å². The lowest BCUT2D eigenvalue weighted by molar-refractivity contribution is 0.492. The first-order chi connectivity index (χ1) is 13.0. The molecule has 12 heteroatoms. The maximum Gasteiger partial charge on any atom is 0.250 e. The van der Waals surface area contributed by atoms with E-state index in [1.54, 1.807) is 0 Å². The average Bonchev–Trinajstić information content (AvgIpc) is 2.53. The normalized spacial score (nSPS) is 13.3. The standard InChI is InChI=1S/C17H20Cl6N4OSi/c1-15(2,3)29(4,5)28-11-8-6-10(7-9-11)24-14-26-12(16(18,19)20)25-13(27-14)17(21,22)23/h6-9H,1-5H3,(H,24,25,26,27). The Bertz CT molecular complexity index is 828. The number of halogens is 6. The summed E-state index contributed by atoms with van der Waals surface area (Å²) in [6, 6.07) is 7.35. The SMILES string of the molecule is CC(C)(C)[Si](C)(C)Oc1ccc(Nc2nc(C(Cl)(Cl)Cl)nc(C(Cl)(Cl)Cl)n2)cc1. The highest BCUT2D eigenvalue weighted by Gasteiger charge is 2.39. The summed E-state index contributed by atoms with van der Waals surface area (Å²) in [7, 11) is -1.94. The molecular weight excluding hydrogens is 517 g/mol. The van der Waals surface area contributed by atoms with Crippen LogP contribution in [0, 0.1) is 0 Å².